The maximum Gasteiger partial charge on any atom is 0.303 e. The second-order valence-corrected chi connectivity index (χ2v) is 2.56. The van der Waals surface area contributed by atoms with Crippen LogP contribution in [0.2, 0.25) is 0 Å². The van der Waals surface area contributed by atoms with Crippen molar-refractivity contribution in [3.63, 3.8) is 0 Å². The van der Waals surface area contributed by atoms with E-state index in [9.17, 15) is 14.7 Å². The molecule has 0 aromatic rings. The number of carboxylic acid groups (broad SMARTS) is 2. The minimum Gasteiger partial charge on any atom is -0.854 e. The molecule has 0 aromatic carbocycles. The number of carboxylic acids is 2. The SMILES string of the molecule is O=C(O)CCC(C[O-])CC(=O)O. The lowest BCUT2D eigenvalue weighted by molar-refractivity contribution is -0.379. The summed E-state index contributed by atoms with van der Waals surface area (Å²) in [6.45, 7) is -0.528. The van der Waals surface area contributed by atoms with E-state index < -0.39 is 24.5 Å². The van der Waals surface area contributed by atoms with E-state index in [1.807, 2.05) is 0 Å². The Labute approximate surface area is 69.6 Å². The molecule has 12 heavy (non-hydrogen) atoms. The first-order chi connectivity index (χ1) is 5.56. The van der Waals surface area contributed by atoms with Crippen molar-refractivity contribution >= 4 is 11.9 Å². The molecule has 0 bridgehead atoms. The molecule has 70 valence electrons. The quantitative estimate of drug-likeness (QED) is 0.556. The number of carbonyl (C=O) groups is 2. The minimum absolute atomic E-state index is 0.139. The summed E-state index contributed by atoms with van der Waals surface area (Å²) in [5, 5.41) is 26.9. The van der Waals surface area contributed by atoms with Crippen LogP contribution >= 0.6 is 0 Å². The highest BCUT2D eigenvalue weighted by molar-refractivity contribution is 5.68. The predicted octanol–water partition coefficient (Wildman–Crippen LogP) is -0.698. The number of aliphatic carboxylic acids is 2. The Kier molecular flexibility index (Phi) is 5.03. The number of hydrogen-bond donors (Lipinski definition) is 2. The van der Waals surface area contributed by atoms with Crippen molar-refractivity contribution in [3.8, 4) is 0 Å². The second kappa shape index (κ2) is 5.54. The summed E-state index contributed by atoms with van der Waals surface area (Å²) < 4.78 is 0. The fourth-order valence-electron chi connectivity index (χ4n) is 0.819. The molecular formula is C7H11O5-. The molecule has 1 atom stereocenters. The van der Waals surface area contributed by atoms with E-state index in [0.717, 1.165) is 0 Å². The van der Waals surface area contributed by atoms with Crippen LogP contribution in [0.3, 0.4) is 0 Å². The largest absolute Gasteiger partial charge is 0.854 e. The van der Waals surface area contributed by atoms with E-state index in [-0.39, 0.29) is 19.3 Å². The Bertz CT molecular complexity index is 165. The molecule has 0 saturated carbocycles. The lowest BCUT2D eigenvalue weighted by Gasteiger charge is -2.15. The Morgan fingerprint density at radius 1 is 1.25 bits per heavy atom. The van der Waals surface area contributed by atoms with Crippen LogP contribution in [-0.2, 0) is 9.59 Å². The summed E-state index contributed by atoms with van der Waals surface area (Å²) in [6, 6.07) is 0. The zero-order valence-electron chi connectivity index (χ0n) is 6.52. The molecule has 0 aliphatic heterocycles. The molecule has 0 heterocycles. The third kappa shape index (κ3) is 5.67. The van der Waals surface area contributed by atoms with Gasteiger partial charge in [-0.3, -0.25) is 9.59 Å². The average molecular weight is 175 g/mol. The molecule has 0 spiro atoms. The highest BCUT2D eigenvalue weighted by Crippen LogP contribution is 2.09. The standard InChI is InChI=1S/C7H11O5/c8-4-5(3-7(11)12)1-2-6(9)10/h5H,1-4H2,(H,9,10)(H,11,12)/q-1. The molecule has 2 N–H and O–H groups in total. The summed E-state index contributed by atoms with van der Waals surface area (Å²) >= 11 is 0. The van der Waals surface area contributed by atoms with E-state index >= 15 is 0 Å². The van der Waals surface area contributed by atoms with Crippen molar-refractivity contribution in [3.05, 3.63) is 0 Å². The van der Waals surface area contributed by atoms with Crippen LogP contribution in [-0.4, -0.2) is 28.8 Å². The van der Waals surface area contributed by atoms with Gasteiger partial charge in [-0.25, -0.2) is 0 Å². The highest BCUT2D eigenvalue weighted by atomic mass is 16.4. The molecule has 0 aromatic heterocycles. The maximum atomic E-state index is 10.3. The molecular weight excluding hydrogens is 164 g/mol. The topological polar surface area (TPSA) is 97.7 Å². The van der Waals surface area contributed by atoms with Gasteiger partial charge < -0.3 is 15.3 Å². The first-order valence-electron chi connectivity index (χ1n) is 3.58. The van der Waals surface area contributed by atoms with E-state index in [1.165, 1.54) is 0 Å². The van der Waals surface area contributed by atoms with Crippen LogP contribution in [0.4, 0.5) is 0 Å². The average Bonchev–Trinajstić information content (AvgIpc) is 1.97. The Hall–Kier alpha value is -1.10. The van der Waals surface area contributed by atoms with Gasteiger partial charge in [-0.1, -0.05) is 0 Å². The fourth-order valence-corrected chi connectivity index (χ4v) is 0.819. The summed E-state index contributed by atoms with van der Waals surface area (Å²) in [7, 11) is 0. The first-order valence-corrected chi connectivity index (χ1v) is 3.58. The molecule has 0 aliphatic carbocycles. The van der Waals surface area contributed by atoms with Crippen molar-refractivity contribution in [1.29, 1.82) is 0 Å². The Morgan fingerprint density at radius 2 is 1.83 bits per heavy atom. The Balaban J connectivity index is 3.67. The molecule has 0 saturated heterocycles. The van der Waals surface area contributed by atoms with Crippen LogP contribution in [0.5, 0.6) is 0 Å². The first kappa shape index (κ1) is 10.9. The van der Waals surface area contributed by atoms with Gasteiger partial charge in [0, 0.05) is 12.8 Å². The minimum atomic E-state index is -1.05. The summed E-state index contributed by atoms with van der Waals surface area (Å²) in [4.78, 5) is 20.2. The molecule has 0 radical (unpaired) electrons. The molecule has 5 heteroatoms. The molecule has 1 unspecified atom stereocenters. The van der Waals surface area contributed by atoms with Gasteiger partial charge >= 0.3 is 11.9 Å². The van der Waals surface area contributed by atoms with Gasteiger partial charge in [0.1, 0.15) is 0 Å². The van der Waals surface area contributed by atoms with E-state index in [0.29, 0.717) is 0 Å². The van der Waals surface area contributed by atoms with Crippen LogP contribution in [0.15, 0.2) is 0 Å². The predicted molar refractivity (Wildman–Crippen MR) is 37.5 cm³/mol. The van der Waals surface area contributed by atoms with Gasteiger partial charge in [0.15, 0.2) is 0 Å². The molecule has 5 nitrogen and oxygen atoms in total. The second-order valence-electron chi connectivity index (χ2n) is 2.56. The van der Waals surface area contributed by atoms with Crippen LogP contribution < -0.4 is 5.11 Å². The molecule has 0 amide bonds. The number of rotatable bonds is 6. The third-order valence-electron chi connectivity index (χ3n) is 1.47. The van der Waals surface area contributed by atoms with Crippen LogP contribution in [0.1, 0.15) is 19.3 Å². The summed E-state index contributed by atoms with van der Waals surface area (Å²) in [5.74, 6) is -2.61. The van der Waals surface area contributed by atoms with Gasteiger partial charge in [-0.2, -0.15) is 0 Å². The molecule has 0 fully saturated rings. The fraction of sp³-hybridized carbons (Fsp3) is 0.714. The lowest BCUT2D eigenvalue weighted by Crippen LogP contribution is -2.21. The zero-order chi connectivity index (χ0) is 9.56. The zero-order valence-corrected chi connectivity index (χ0v) is 6.52. The maximum absolute atomic E-state index is 10.3. The molecule has 0 aliphatic rings. The van der Waals surface area contributed by atoms with Crippen molar-refractivity contribution < 1.29 is 24.9 Å². The van der Waals surface area contributed by atoms with Crippen molar-refractivity contribution in [2.45, 2.75) is 19.3 Å². The summed E-state index contributed by atoms with van der Waals surface area (Å²) in [6.07, 6.45) is -0.234. The van der Waals surface area contributed by atoms with Gasteiger partial charge in [-0.15, -0.1) is 6.61 Å². The van der Waals surface area contributed by atoms with E-state index in [4.69, 9.17) is 10.2 Å². The molecule has 0 rings (SSSR count). The third-order valence-corrected chi connectivity index (χ3v) is 1.47. The van der Waals surface area contributed by atoms with Gasteiger partial charge in [0.2, 0.25) is 0 Å². The van der Waals surface area contributed by atoms with Crippen molar-refractivity contribution in [2.75, 3.05) is 6.61 Å². The smallest absolute Gasteiger partial charge is 0.303 e. The normalized spacial score (nSPS) is 12.4. The lowest BCUT2D eigenvalue weighted by atomic mass is 10.0. The van der Waals surface area contributed by atoms with Crippen LogP contribution in [0, 0.1) is 5.92 Å². The number of hydrogen-bond acceptors (Lipinski definition) is 3. The van der Waals surface area contributed by atoms with Gasteiger partial charge in [-0.05, 0) is 12.3 Å². The van der Waals surface area contributed by atoms with Gasteiger partial charge in [0.05, 0.1) is 0 Å². The summed E-state index contributed by atoms with van der Waals surface area (Å²) in [5.41, 5.74) is 0. The van der Waals surface area contributed by atoms with Crippen molar-refractivity contribution in [2.24, 2.45) is 5.92 Å². The van der Waals surface area contributed by atoms with Gasteiger partial charge in [0.25, 0.3) is 0 Å². The monoisotopic (exact) mass is 175 g/mol. The van der Waals surface area contributed by atoms with Crippen LogP contribution in [0.25, 0.3) is 0 Å². The highest BCUT2D eigenvalue weighted by Gasteiger charge is 2.10. The van der Waals surface area contributed by atoms with E-state index in [1.54, 1.807) is 0 Å². The van der Waals surface area contributed by atoms with Crippen molar-refractivity contribution in [1.82, 2.24) is 0 Å². The van der Waals surface area contributed by atoms with E-state index in [2.05, 4.69) is 0 Å². The Morgan fingerprint density at radius 3 is 2.17 bits per heavy atom.